The molecule has 1 fully saturated rings. The molecule has 0 aliphatic carbocycles. The summed E-state index contributed by atoms with van der Waals surface area (Å²) in [6, 6.07) is 11.8. The summed E-state index contributed by atoms with van der Waals surface area (Å²) in [4.78, 5) is 17.3. The first-order valence-corrected chi connectivity index (χ1v) is 12.8. The fourth-order valence-electron chi connectivity index (χ4n) is 3.87. The molecule has 0 saturated carbocycles. The third kappa shape index (κ3) is 4.30. The number of aromatic nitrogens is 1. The second kappa shape index (κ2) is 8.37. The van der Waals surface area contributed by atoms with Crippen LogP contribution in [0.2, 0.25) is 0 Å². The van der Waals surface area contributed by atoms with E-state index in [4.69, 9.17) is 0 Å². The van der Waals surface area contributed by atoms with Crippen LogP contribution in [0.15, 0.2) is 51.8 Å². The highest BCUT2D eigenvalue weighted by Gasteiger charge is 2.31. The number of halogens is 1. The van der Waals surface area contributed by atoms with E-state index in [1.165, 1.54) is 23.5 Å². The van der Waals surface area contributed by atoms with Gasteiger partial charge in [0, 0.05) is 23.1 Å². The van der Waals surface area contributed by atoms with Crippen LogP contribution in [0.3, 0.4) is 0 Å². The zero-order chi connectivity index (χ0) is 21.5. The molecule has 0 unspecified atom stereocenters. The van der Waals surface area contributed by atoms with Crippen molar-refractivity contribution >= 4 is 58.5 Å². The van der Waals surface area contributed by atoms with Crippen molar-refractivity contribution in [1.29, 1.82) is 0 Å². The molecule has 9 heteroatoms. The van der Waals surface area contributed by atoms with Gasteiger partial charge < -0.3 is 0 Å². The van der Waals surface area contributed by atoms with E-state index in [-0.39, 0.29) is 10.8 Å². The highest BCUT2D eigenvalue weighted by atomic mass is 79.9. The monoisotopic (exact) mass is 507 g/mol. The maximum Gasteiger partial charge on any atom is 0.257 e. The molecule has 4 rings (SSSR count). The molecule has 3 aromatic rings. The molecule has 0 radical (unpaired) electrons. The first-order chi connectivity index (χ1) is 14.2. The number of thiazole rings is 1. The van der Waals surface area contributed by atoms with Gasteiger partial charge in [-0.2, -0.15) is 4.31 Å². The number of para-hydroxylation sites is 1. The molecule has 6 nitrogen and oxygen atoms in total. The lowest BCUT2D eigenvalue weighted by molar-refractivity contribution is 0.102. The molecule has 1 aromatic heterocycles. The molecule has 1 aliphatic rings. The van der Waals surface area contributed by atoms with Crippen LogP contribution in [0.4, 0.5) is 5.13 Å². The lowest BCUT2D eigenvalue weighted by Gasteiger charge is -2.34. The van der Waals surface area contributed by atoms with Gasteiger partial charge in [-0.3, -0.25) is 10.1 Å². The largest absolute Gasteiger partial charge is 0.298 e. The Morgan fingerprint density at radius 1 is 1.13 bits per heavy atom. The first kappa shape index (κ1) is 21.4. The van der Waals surface area contributed by atoms with E-state index in [0.717, 1.165) is 21.1 Å². The van der Waals surface area contributed by atoms with Gasteiger partial charge in [-0.1, -0.05) is 31.3 Å². The van der Waals surface area contributed by atoms with Gasteiger partial charge in [0.25, 0.3) is 5.91 Å². The molecule has 1 N–H and O–H groups in total. The highest BCUT2D eigenvalue weighted by molar-refractivity contribution is 9.10. The van der Waals surface area contributed by atoms with E-state index in [1.807, 2.05) is 18.2 Å². The van der Waals surface area contributed by atoms with Gasteiger partial charge in [0.2, 0.25) is 10.0 Å². The number of carbonyl (C=O) groups excluding carboxylic acids is 1. The summed E-state index contributed by atoms with van der Waals surface area (Å²) in [5, 5.41) is 3.29. The van der Waals surface area contributed by atoms with Gasteiger partial charge in [-0.15, -0.1) is 0 Å². The number of rotatable bonds is 4. The molecule has 30 heavy (non-hydrogen) atoms. The van der Waals surface area contributed by atoms with Crippen LogP contribution >= 0.6 is 27.3 Å². The molecule has 1 aliphatic heterocycles. The van der Waals surface area contributed by atoms with Gasteiger partial charge in [-0.25, -0.2) is 13.4 Å². The van der Waals surface area contributed by atoms with Gasteiger partial charge in [0.1, 0.15) is 0 Å². The number of nitrogens with one attached hydrogen (secondary N) is 1. The van der Waals surface area contributed by atoms with Crippen LogP contribution in [0.1, 0.15) is 30.6 Å². The second-order valence-corrected chi connectivity index (χ2v) is 11.7. The fraction of sp³-hybridized carbons (Fsp3) is 0.333. The summed E-state index contributed by atoms with van der Waals surface area (Å²) in [6.07, 6.45) is 1.04. The Hall–Kier alpha value is -1.81. The SMILES string of the molecule is C[C@H]1C[C@H](C)CN(S(=O)(=O)c2ccc(C(=O)Nc3nc4c(Br)cccc4s3)cc2)C1. The van der Waals surface area contributed by atoms with Crippen LogP contribution in [0.25, 0.3) is 10.2 Å². The van der Waals surface area contributed by atoms with Gasteiger partial charge in [0.05, 0.1) is 15.1 Å². The summed E-state index contributed by atoms with van der Waals surface area (Å²) in [5.41, 5.74) is 1.18. The molecule has 0 spiro atoms. The van der Waals surface area contributed by atoms with Crippen LogP contribution in [0.5, 0.6) is 0 Å². The number of anilines is 1. The van der Waals surface area contributed by atoms with E-state index in [2.05, 4.69) is 40.1 Å². The van der Waals surface area contributed by atoms with Gasteiger partial charge >= 0.3 is 0 Å². The topological polar surface area (TPSA) is 79.4 Å². The zero-order valence-electron chi connectivity index (χ0n) is 16.6. The standard InChI is InChI=1S/C21H22BrN3O3S2/c1-13-10-14(2)12-25(11-13)30(27,28)16-8-6-15(7-9-16)20(26)24-21-23-19-17(22)4-3-5-18(19)29-21/h3-9,13-14H,10-12H2,1-2H3,(H,23,24,26)/t13-,14-/m0/s1. The molecular weight excluding hydrogens is 486 g/mol. The van der Waals surface area contributed by atoms with Gasteiger partial charge in [0.15, 0.2) is 5.13 Å². The summed E-state index contributed by atoms with van der Waals surface area (Å²) < 4.78 is 29.4. The predicted octanol–water partition coefficient (Wildman–Crippen LogP) is 4.98. The number of piperidine rings is 1. The summed E-state index contributed by atoms with van der Waals surface area (Å²) in [6.45, 7) is 5.21. The number of hydrogen-bond donors (Lipinski definition) is 1. The summed E-state index contributed by atoms with van der Waals surface area (Å²) in [5.74, 6) is 0.346. The molecular formula is C21H22BrN3O3S2. The maximum absolute atomic E-state index is 13.0. The quantitative estimate of drug-likeness (QED) is 0.539. The third-order valence-corrected chi connectivity index (χ3v) is 8.60. The van der Waals surface area contributed by atoms with E-state index < -0.39 is 10.0 Å². The van der Waals surface area contributed by atoms with Crippen molar-refractivity contribution in [1.82, 2.24) is 9.29 Å². The fourth-order valence-corrected chi connectivity index (χ4v) is 7.02. The number of benzene rings is 2. The molecule has 0 bridgehead atoms. The van der Waals surface area contributed by atoms with Gasteiger partial charge in [-0.05, 0) is 70.6 Å². The Morgan fingerprint density at radius 2 is 1.80 bits per heavy atom. The smallest absolute Gasteiger partial charge is 0.257 e. The molecule has 2 aromatic carbocycles. The van der Waals surface area contributed by atoms with E-state index in [9.17, 15) is 13.2 Å². The summed E-state index contributed by atoms with van der Waals surface area (Å²) >= 11 is 4.84. The highest BCUT2D eigenvalue weighted by Crippen LogP contribution is 2.31. The Morgan fingerprint density at radius 3 is 2.43 bits per heavy atom. The van der Waals surface area contributed by atoms with Crippen molar-refractivity contribution in [3.05, 3.63) is 52.5 Å². The van der Waals surface area contributed by atoms with Crippen molar-refractivity contribution in [3.63, 3.8) is 0 Å². The number of fused-ring (bicyclic) bond motifs is 1. The van der Waals surface area contributed by atoms with Crippen LogP contribution in [-0.4, -0.2) is 36.7 Å². The number of hydrogen-bond acceptors (Lipinski definition) is 5. The molecule has 1 saturated heterocycles. The average molecular weight is 508 g/mol. The molecule has 2 heterocycles. The van der Waals surface area contributed by atoms with Crippen molar-refractivity contribution in [3.8, 4) is 0 Å². The molecule has 1 amide bonds. The van der Waals surface area contributed by atoms with Crippen molar-refractivity contribution in [2.75, 3.05) is 18.4 Å². The van der Waals surface area contributed by atoms with Crippen molar-refractivity contribution < 1.29 is 13.2 Å². The first-order valence-electron chi connectivity index (χ1n) is 9.70. The number of nitrogens with zero attached hydrogens (tertiary/aromatic N) is 2. The minimum absolute atomic E-state index is 0.212. The number of sulfonamides is 1. The second-order valence-electron chi connectivity index (χ2n) is 7.85. The van der Waals surface area contributed by atoms with Crippen LogP contribution < -0.4 is 5.32 Å². The van der Waals surface area contributed by atoms with Crippen molar-refractivity contribution in [2.45, 2.75) is 25.2 Å². The number of amides is 1. The minimum atomic E-state index is -3.57. The number of carbonyl (C=O) groups is 1. The molecule has 2 atom stereocenters. The normalized spacial score (nSPS) is 20.4. The zero-order valence-corrected chi connectivity index (χ0v) is 19.9. The van der Waals surface area contributed by atoms with E-state index >= 15 is 0 Å². The lowest BCUT2D eigenvalue weighted by atomic mass is 9.94. The molecule has 158 valence electrons. The average Bonchev–Trinajstić information content (AvgIpc) is 3.11. The predicted molar refractivity (Wildman–Crippen MR) is 123 cm³/mol. The van der Waals surface area contributed by atoms with E-state index in [1.54, 1.807) is 16.4 Å². The van der Waals surface area contributed by atoms with Crippen molar-refractivity contribution in [2.24, 2.45) is 11.8 Å². The van der Waals surface area contributed by atoms with Crippen LogP contribution in [0, 0.1) is 11.8 Å². The van der Waals surface area contributed by atoms with E-state index in [0.29, 0.717) is 35.6 Å². The minimum Gasteiger partial charge on any atom is -0.298 e. The van der Waals surface area contributed by atoms with Crippen LogP contribution in [-0.2, 0) is 10.0 Å². The Balaban J connectivity index is 1.51. The Bertz CT molecular complexity index is 1180. The lowest BCUT2D eigenvalue weighted by Crippen LogP contribution is -2.42. The Kier molecular flexibility index (Phi) is 5.98. The third-order valence-electron chi connectivity index (χ3n) is 5.18. The Labute approximate surface area is 188 Å². The summed E-state index contributed by atoms with van der Waals surface area (Å²) in [7, 11) is -3.57. The maximum atomic E-state index is 13.0.